The quantitative estimate of drug-likeness (QED) is 0.445. The van der Waals surface area contributed by atoms with E-state index in [4.69, 9.17) is 0 Å². The number of esters is 1. The highest BCUT2D eigenvalue weighted by Gasteiger charge is 2.09. The van der Waals surface area contributed by atoms with Gasteiger partial charge in [0.15, 0.2) is 12.4 Å². The third-order valence-electron chi connectivity index (χ3n) is 1.73. The van der Waals surface area contributed by atoms with Crippen molar-refractivity contribution in [1.29, 1.82) is 0 Å². The van der Waals surface area contributed by atoms with Crippen molar-refractivity contribution in [3.05, 3.63) is 29.6 Å². The normalized spacial score (nSPS) is 9.07. The lowest BCUT2D eigenvalue weighted by Gasteiger charge is -1.98. The predicted molar refractivity (Wildman–Crippen MR) is 48.1 cm³/mol. The zero-order valence-electron chi connectivity index (χ0n) is 8.58. The zero-order valence-corrected chi connectivity index (χ0v) is 10.2. The van der Waals surface area contributed by atoms with Gasteiger partial charge in [-0.1, -0.05) is 0 Å². The molecule has 0 radical (unpaired) electrons. The fraction of sp³-hybridized carbons (Fsp3) is 0.400. The summed E-state index contributed by atoms with van der Waals surface area (Å²) in [7, 11) is 1.39. The van der Waals surface area contributed by atoms with Crippen LogP contribution in [0.1, 0.15) is 11.1 Å². The molecule has 4 heteroatoms. The summed E-state index contributed by atoms with van der Waals surface area (Å²) in [6.07, 6.45) is 3.84. The minimum Gasteiger partial charge on any atom is -1.00 e. The van der Waals surface area contributed by atoms with Gasteiger partial charge in [0.05, 0.1) is 7.11 Å². The van der Waals surface area contributed by atoms with Gasteiger partial charge in [-0.2, -0.15) is 4.57 Å². The standard InChI is InChI=1S/C10H14NO2.BrH/c1-8-4-9(2)6-11(5-8)7-10(12)13-3;/h4-6H,7H2,1-3H3;1H/q+1;/p-1. The summed E-state index contributed by atoms with van der Waals surface area (Å²) >= 11 is 0. The van der Waals surface area contributed by atoms with Crippen LogP contribution in [0.4, 0.5) is 0 Å². The van der Waals surface area contributed by atoms with Crippen LogP contribution in [0.5, 0.6) is 0 Å². The average Bonchev–Trinajstić information content (AvgIpc) is 2.02. The number of ether oxygens (including phenoxy) is 1. The number of rotatable bonds is 2. The molecule has 0 amide bonds. The summed E-state index contributed by atoms with van der Waals surface area (Å²) in [5.74, 6) is -0.227. The second-order valence-electron chi connectivity index (χ2n) is 3.14. The molecule has 0 unspecified atom stereocenters. The average molecular weight is 260 g/mol. The molecule has 0 atom stereocenters. The molecule has 0 bridgehead atoms. The Morgan fingerprint density at radius 2 is 1.86 bits per heavy atom. The smallest absolute Gasteiger partial charge is 0.372 e. The number of methoxy groups -OCH3 is 1. The number of aromatic nitrogens is 1. The molecule has 1 heterocycles. The summed E-state index contributed by atoms with van der Waals surface area (Å²) < 4.78 is 6.40. The van der Waals surface area contributed by atoms with Crippen LogP contribution in [0.25, 0.3) is 0 Å². The van der Waals surface area contributed by atoms with Crippen molar-refractivity contribution >= 4 is 5.97 Å². The van der Waals surface area contributed by atoms with Gasteiger partial charge in [0.1, 0.15) is 0 Å². The minimum absolute atomic E-state index is 0. The van der Waals surface area contributed by atoms with E-state index in [-0.39, 0.29) is 29.5 Å². The van der Waals surface area contributed by atoms with Crippen LogP contribution in [0.15, 0.2) is 18.5 Å². The van der Waals surface area contributed by atoms with Crippen LogP contribution in [0.2, 0.25) is 0 Å². The van der Waals surface area contributed by atoms with E-state index in [1.165, 1.54) is 7.11 Å². The highest BCUT2D eigenvalue weighted by atomic mass is 79.9. The van der Waals surface area contributed by atoms with Gasteiger partial charge in [-0.05, 0) is 19.9 Å². The Balaban J connectivity index is 0.00000169. The molecule has 0 saturated heterocycles. The van der Waals surface area contributed by atoms with E-state index >= 15 is 0 Å². The van der Waals surface area contributed by atoms with Crippen LogP contribution < -0.4 is 21.5 Å². The Labute approximate surface area is 94.5 Å². The number of nitrogens with zero attached hydrogens (tertiary/aromatic N) is 1. The highest BCUT2D eigenvalue weighted by Crippen LogP contribution is 1.96. The second kappa shape index (κ2) is 5.75. The molecule has 0 N–H and O–H groups in total. The van der Waals surface area contributed by atoms with Crippen LogP contribution >= 0.6 is 0 Å². The summed E-state index contributed by atoms with van der Waals surface area (Å²) in [6.45, 7) is 4.28. The summed E-state index contributed by atoms with van der Waals surface area (Å²) in [5.41, 5.74) is 2.29. The lowest BCUT2D eigenvalue weighted by Crippen LogP contribution is -3.00. The number of hydrogen-bond donors (Lipinski definition) is 0. The molecule has 0 aliphatic heterocycles. The van der Waals surface area contributed by atoms with Gasteiger partial charge in [-0.3, -0.25) is 0 Å². The molecule has 0 fully saturated rings. The summed E-state index contributed by atoms with van der Waals surface area (Å²) in [4.78, 5) is 11.0. The number of pyridine rings is 1. The van der Waals surface area contributed by atoms with Crippen LogP contribution in [-0.2, 0) is 16.1 Å². The molecular formula is C10H14BrNO2. The Kier molecular flexibility index (Phi) is 5.38. The number of carbonyl (C=O) groups excluding carboxylic acids is 1. The molecule has 0 aromatic carbocycles. The summed E-state index contributed by atoms with van der Waals surface area (Å²) in [6, 6.07) is 2.06. The van der Waals surface area contributed by atoms with Crippen LogP contribution in [0.3, 0.4) is 0 Å². The van der Waals surface area contributed by atoms with Crippen molar-refractivity contribution in [2.45, 2.75) is 20.4 Å². The van der Waals surface area contributed by atoms with Gasteiger partial charge in [-0.25, -0.2) is 4.79 Å². The third kappa shape index (κ3) is 3.87. The van der Waals surface area contributed by atoms with Crippen molar-refractivity contribution in [1.82, 2.24) is 0 Å². The van der Waals surface area contributed by atoms with Gasteiger partial charge in [0.2, 0.25) is 6.54 Å². The molecule has 1 rings (SSSR count). The molecular weight excluding hydrogens is 246 g/mol. The fourth-order valence-electron chi connectivity index (χ4n) is 1.30. The van der Waals surface area contributed by atoms with E-state index in [0.29, 0.717) is 0 Å². The van der Waals surface area contributed by atoms with Crippen molar-refractivity contribution < 1.29 is 31.1 Å². The molecule has 0 aliphatic rings. The molecule has 0 saturated carbocycles. The molecule has 1 aromatic heterocycles. The van der Waals surface area contributed by atoms with Crippen molar-refractivity contribution in [2.75, 3.05) is 7.11 Å². The Morgan fingerprint density at radius 3 is 2.29 bits per heavy atom. The molecule has 0 spiro atoms. The largest absolute Gasteiger partial charge is 1.00 e. The molecule has 3 nitrogen and oxygen atoms in total. The first-order valence-corrected chi connectivity index (χ1v) is 4.16. The molecule has 1 aromatic rings. The van der Waals surface area contributed by atoms with E-state index in [1.807, 2.05) is 30.8 Å². The van der Waals surface area contributed by atoms with Gasteiger partial charge < -0.3 is 21.7 Å². The maximum Gasteiger partial charge on any atom is 0.372 e. The monoisotopic (exact) mass is 259 g/mol. The highest BCUT2D eigenvalue weighted by molar-refractivity contribution is 5.67. The number of hydrogen-bond acceptors (Lipinski definition) is 2. The first-order chi connectivity index (χ1) is 6.11. The number of carbonyl (C=O) groups is 1. The lowest BCUT2D eigenvalue weighted by atomic mass is 10.2. The first-order valence-electron chi connectivity index (χ1n) is 4.16. The Morgan fingerprint density at radius 1 is 1.36 bits per heavy atom. The molecule has 14 heavy (non-hydrogen) atoms. The second-order valence-corrected chi connectivity index (χ2v) is 3.14. The SMILES string of the molecule is COC(=O)C[n+]1cc(C)cc(C)c1.[Br-]. The summed E-state index contributed by atoms with van der Waals surface area (Å²) in [5, 5.41) is 0. The van der Waals surface area contributed by atoms with Gasteiger partial charge in [0.25, 0.3) is 0 Å². The zero-order chi connectivity index (χ0) is 9.84. The van der Waals surface area contributed by atoms with E-state index in [2.05, 4.69) is 10.8 Å². The van der Waals surface area contributed by atoms with Crippen molar-refractivity contribution in [2.24, 2.45) is 0 Å². The van der Waals surface area contributed by atoms with E-state index in [1.54, 1.807) is 0 Å². The fourth-order valence-corrected chi connectivity index (χ4v) is 1.30. The van der Waals surface area contributed by atoms with Gasteiger partial charge >= 0.3 is 5.97 Å². The predicted octanol–water partition coefficient (Wildman–Crippen LogP) is -2.23. The van der Waals surface area contributed by atoms with Crippen molar-refractivity contribution in [3.8, 4) is 0 Å². The van der Waals surface area contributed by atoms with E-state index in [9.17, 15) is 4.79 Å². The van der Waals surface area contributed by atoms with Crippen LogP contribution in [-0.4, -0.2) is 13.1 Å². The van der Waals surface area contributed by atoms with Gasteiger partial charge in [0, 0.05) is 11.1 Å². The third-order valence-corrected chi connectivity index (χ3v) is 1.73. The number of aryl methyl sites for hydroxylation is 2. The van der Waals surface area contributed by atoms with Gasteiger partial charge in [-0.15, -0.1) is 0 Å². The Hall–Kier alpha value is -0.900. The molecule has 78 valence electrons. The van der Waals surface area contributed by atoms with E-state index < -0.39 is 0 Å². The minimum atomic E-state index is -0.227. The maximum atomic E-state index is 11.0. The number of halogens is 1. The Bertz CT molecular complexity index is 306. The van der Waals surface area contributed by atoms with Crippen LogP contribution in [0, 0.1) is 13.8 Å². The molecule has 0 aliphatic carbocycles. The maximum absolute atomic E-state index is 11.0. The first kappa shape index (κ1) is 13.1. The van der Waals surface area contributed by atoms with Crippen molar-refractivity contribution in [3.63, 3.8) is 0 Å². The topological polar surface area (TPSA) is 30.2 Å². The van der Waals surface area contributed by atoms with E-state index in [0.717, 1.165) is 11.1 Å². The lowest BCUT2D eigenvalue weighted by molar-refractivity contribution is -0.686.